The Morgan fingerprint density at radius 1 is 1.20 bits per heavy atom. The molecule has 0 spiro atoms. The van der Waals surface area contributed by atoms with Crippen LogP contribution in [-0.2, 0) is 6.61 Å². The molecule has 1 heterocycles. The first-order chi connectivity index (χ1) is 12.1. The molecular formula is C18H16ClN3O2S. The Balaban J connectivity index is 1.56. The van der Waals surface area contributed by atoms with Crippen molar-refractivity contribution in [3.63, 3.8) is 0 Å². The Hall–Kier alpha value is -2.31. The number of hydrogen-bond acceptors (Lipinski definition) is 5. The Kier molecular flexibility index (Phi) is 5.73. The monoisotopic (exact) mass is 373 g/mol. The largest absolute Gasteiger partial charge is 0.486 e. The second-order valence-electron chi connectivity index (χ2n) is 5.30. The maximum absolute atomic E-state index is 12.4. The summed E-state index contributed by atoms with van der Waals surface area (Å²) in [5, 5.41) is 7.86. The highest BCUT2D eigenvalue weighted by Gasteiger charge is 2.18. The third-order valence-electron chi connectivity index (χ3n) is 3.41. The van der Waals surface area contributed by atoms with Gasteiger partial charge >= 0.3 is 0 Å². The molecule has 128 valence electrons. The van der Waals surface area contributed by atoms with Crippen molar-refractivity contribution >= 4 is 29.1 Å². The number of aromatic amines is 1. The molecule has 3 aromatic rings. The first kappa shape index (κ1) is 17.5. The fraction of sp³-hybridized carbons (Fsp3) is 0.167. The van der Waals surface area contributed by atoms with Crippen molar-refractivity contribution < 1.29 is 9.53 Å². The fourth-order valence-corrected chi connectivity index (χ4v) is 3.07. The maximum atomic E-state index is 12.4. The highest BCUT2D eigenvalue weighted by atomic mass is 35.5. The van der Waals surface area contributed by atoms with E-state index in [0.29, 0.717) is 27.3 Å². The highest BCUT2D eigenvalue weighted by molar-refractivity contribution is 8.00. The molecule has 0 aliphatic heterocycles. The van der Waals surface area contributed by atoms with E-state index in [4.69, 9.17) is 16.3 Å². The Labute approximate surface area is 154 Å². The molecule has 0 amide bonds. The zero-order chi connectivity index (χ0) is 17.6. The minimum atomic E-state index is -0.275. The van der Waals surface area contributed by atoms with Crippen molar-refractivity contribution in [3.05, 3.63) is 71.0 Å². The molecule has 7 heteroatoms. The lowest BCUT2D eigenvalue weighted by atomic mass is 10.1. The second-order valence-corrected chi connectivity index (χ2v) is 7.04. The summed E-state index contributed by atoms with van der Waals surface area (Å²) in [4.78, 5) is 16.7. The summed E-state index contributed by atoms with van der Waals surface area (Å²) in [6.07, 6.45) is 0. The third-order valence-corrected chi connectivity index (χ3v) is 4.62. The molecule has 5 nitrogen and oxygen atoms in total. The molecule has 0 radical (unpaired) electrons. The van der Waals surface area contributed by atoms with Crippen LogP contribution >= 0.6 is 23.4 Å². The van der Waals surface area contributed by atoms with E-state index in [2.05, 4.69) is 15.2 Å². The van der Waals surface area contributed by atoms with Crippen LogP contribution in [0.2, 0.25) is 5.02 Å². The molecule has 1 N–H and O–H groups in total. The van der Waals surface area contributed by atoms with Crippen LogP contribution in [0.3, 0.4) is 0 Å². The van der Waals surface area contributed by atoms with Crippen molar-refractivity contribution in [2.45, 2.75) is 23.9 Å². The molecule has 1 aromatic heterocycles. The van der Waals surface area contributed by atoms with Gasteiger partial charge in [0.1, 0.15) is 12.4 Å². The van der Waals surface area contributed by atoms with E-state index in [-0.39, 0.29) is 17.6 Å². The second kappa shape index (κ2) is 8.18. The van der Waals surface area contributed by atoms with Crippen molar-refractivity contribution in [1.29, 1.82) is 0 Å². The van der Waals surface area contributed by atoms with E-state index in [1.807, 2.05) is 37.3 Å². The van der Waals surface area contributed by atoms with Gasteiger partial charge in [-0.05, 0) is 31.2 Å². The molecule has 0 saturated carbocycles. The van der Waals surface area contributed by atoms with Crippen molar-refractivity contribution in [3.8, 4) is 5.75 Å². The van der Waals surface area contributed by atoms with Gasteiger partial charge in [0.05, 0.1) is 5.25 Å². The number of H-pyrrole nitrogens is 1. The normalized spacial score (nSPS) is 11.9. The number of ether oxygens (including phenoxy) is 1. The molecule has 1 unspecified atom stereocenters. The van der Waals surface area contributed by atoms with Crippen LogP contribution in [0, 0.1) is 0 Å². The summed E-state index contributed by atoms with van der Waals surface area (Å²) in [7, 11) is 0. The minimum absolute atomic E-state index is 0.0503. The summed E-state index contributed by atoms with van der Waals surface area (Å²) < 4.78 is 5.61. The number of nitrogens with zero attached hydrogens (tertiary/aromatic N) is 2. The number of Topliss-reactive ketones (excluding diaryl/α,β-unsaturated/α-hetero) is 1. The highest BCUT2D eigenvalue weighted by Crippen LogP contribution is 2.23. The average molecular weight is 374 g/mol. The minimum Gasteiger partial charge on any atom is -0.486 e. The lowest BCUT2D eigenvalue weighted by Gasteiger charge is -2.07. The molecule has 0 aliphatic rings. The van der Waals surface area contributed by atoms with Gasteiger partial charge in [0.25, 0.3) is 0 Å². The predicted molar refractivity (Wildman–Crippen MR) is 98.3 cm³/mol. The molecule has 3 rings (SSSR count). The first-order valence-electron chi connectivity index (χ1n) is 7.67. The van der Waals surface area contributed by atoms with Crippen LogP contribution < -0.4 is 4.74 Å². The van der Waals surface area contributed by atoms with E-state index < -0.39 is 0 Å². The number of aromatic nitrogens is 3. The van der Waals surface area contributed by atoms with E-state index in [0.717, 1.165) is 0 Å². The summed E-state index contributed by atoms with van der Waals surface area (Å²) in [6.45, 7) is 2.11. The van der Waals surface area contributed by atoms with Gasteiger partial charge in [0.15, 0.2) is 11.6 Å². The van der Waals surface area contributed by atoms with Crippen LogP contribution in [0.25, 0.3) is 0 Å². The number of rotatable bonds is 7. The van der Waals surface area contributed by atoms with E-state index in [1.165, 1.54) is 11.8 Å². The van der Waals surface area contributed by atoms with Gasteiger partial charge in [0, 0.05) is 10.6 Å². The molecule has 1 atom stereocenters. The van der Waals surface area contributed by atoms with Gasteiger partial charge in [-0.2, -0.15) is 0 Å². The molecule has 0 saturated heterocycles. The molecular weight excluding hydrogens is 358 g/mol. The van der Waals surface area contributed by atoms with Gasteiger partial charge in [-0.3, -0.25) is 9.89 Å². The summed E-state index contributed by atoms with van der Waals surface area (Å²) in [6, 6.07) is 16.3. The summed E-state index contributed by atoms with van der Waals surface area (Å²) in [5.41, 5.74) is 0.685. The molecule has 0 bridgehead atoms. The zero-order valence-corrected chi connectivity index (χ0v) is 15.1. The van der Waals surface area contributed by atoms with E-state index >= 15 is 0 Å². The lowest BCUT2D eigenvalue weighted by molar-refractivity contribution is 0.0994. The maximum Gasteiger partial charge on any atom is 0.209 e. The van der Waals surface area contributed by atoms with Crippen LogP contribution in [0.5, 0.6) is 5.75 Å². The third kappa shape index (κ3) is 4.84. The number of benzene rings is 2. The smallest absolute Gasteiger partial charge is 0.209 e. The Bertz CT molecular complexity index is 837. The molecule has 0 fully saturated rings. The quantitative estimate of drug-likeness (QED) is 0.491. The van der Waals surface area contributed by atoms with Gasteiger partial charge in [0.2, 0.25) is 5.16 Å². The number of ketones is 1. The first-order valence-corrected chi connectivity index (χ1v) is 8.93. The number of thioether (sulfide) groups is 1. The van der Waals surface area contributed by atoms with E-state index in [1.54, 1.807) is 24.3 Å². The zero-order valence-electron chi connectivity index (χ0n) is 13.5. The summed E-state index contributed by atoms with van der Waals surface area (Å²) in [5.74, 6) is 1.34. The fourth-order valence-electron chi connectivity index (χ4n) is 2.13. The van der Waals surface area contributed by atoms with Crippen LogP contribution in [0.4, 0.5) is 0 Å². The molecule has 0 aliphatic carbocycles. The number of hydrogen-bond donors (Lipinski definition) is 1. The summed E-state index contributed by atoms with van der Waals surface area (Å²) >= 11 is 7.15. The molecule has 25 heavy (non-hydrogen) atoms. The van der Waals surface area contributed by atoms with Crippen LogP contribution in [0.15, 0.2) is 59.8 Å². The predicted octanol–water partition coefficient (Wildman–Crippen LogP) is 4.40. The molecule has 2 aromatic carbocycles. The number of nitrogens with one attached hydrogen (secondary N) is 1. The van der Waals surface area contributed by atoms with Gasteiger partial charge < -0.3 is 4.74 Å². The standard InChI is InChI=1S/C18H16ClN3O2S/c1-12(17(23)13-5-3-2-4-6-13)25-18-20-16(21-22-18)11-24-15-9-7-14(19)8-10-15/h2-10,12H,11H2,1H3,(H,20,21,22). The Morgan fingerprint density at radius 2 is 1.92 bits per heavy atom. The van der Waals surface area contributed by atoms with E-state index in [9.17, 15) is 4.79 Å². The van der Waals surface area contributed by atoms with Crippen LogP contribution in [-0.4, -0.2) is 26.2 Å². The topological polar surface area (TPSA) is 67.9 Å². The van der Waals surface area contributed by atoms with Crippen molar-refractivity contribution in [2.24, 2.45) is 0 Å². The van der Waals surface area contributed by atoms with Crippen LogP contribution in [0.1, 0.15) is 23.1 Å². The Morgan fingerprint density at radius 3 is 2.64 bits per heavy atom. The number of carbonyl (C=O) groups is 1. The number of halogens is 1. The van der Waals surface area contributed by atoms with Crippen molar-refractivity contribution in [1.82, 2.24) is 15.2 Å². The van der Waals surface area contributed by atoms with Gasteiger partial charge in [-0.25, -0.2) is 4.98 Å². The lowest BCUT2D eigenvalue weighted by Crippen LogP contribution is -2.13. The van der Waals surface area contributed by atoms with Crippen molar-refractivity contribution in [2.75, 3.05) is 0 Å². The van der Waals surface area contributed by atoms with Gasteiger partial charge in [-0.15, -0.1) is 5.10 Å². The van der Waals surface area contributed by atoms with Gasteiger partial charge in [-0.1, -0.05) is 53.7 Å². The SMILES string of the molecule is CC(Sc1n[nH]c(COc2ccc(Cl)cc2)n1)C(=O)c1ccccc1. The average Bonchev–Trinajstić information content (AvgIpc) is 3.08. The number of carbonyl (C=O) groups excluding carboxylic acids is 1.